The van der Waals surface area contributed by atoms with E-state index in [1.807, 2.05) is 35.0 Å². The molecule has 0 spiro atoms. The van der Waals surface area contributed by atoms with Gasteiger partial charge in [-0.1, -0.05) is 18.2 Å². The summed E-state index contributed by atoms with van der Waals surface area (Å²) in [5, 5.41) is 5.62. The second-order valence-corrected chi connectivity index (χ2v) is 5.90. The van der Waals surface area contributed by atoms with Crippen molar-refractivity contribution < 1.29 is 4.79 Å². The first-order chi connectivity index (χ1) is 11.7. The average Bonchev–Trinajstić information content (AvgIpc) is 2.89. The number of carbonyl (C=O) groups is 1. The normalized spacial score (nSPS) is 11.4. The van der Waals surface area contributed by atoms with Crippen LogP contribution >= 0.6 is 0 Å². The minimum absolute atomic E-state index is 0.149. The molecule has 0 atom stereocenters. The fraction of sp³-hybridized carbons (Fsp3) is 0.333. The Morgan fingerprint density at radius 1 is 1.17 bits per heavy atom. The van der Waals surface area contributed by atoms with E-state index in [1.165, 1.54) is 0 Å². The van der Waals surface area contributed by atoms with Gasteiger partial charge < -0.3 is 21.4 Å². The summed E-state index contributed by atoms with van der Waals surface area (Å²) >= 11 is 0. The number of primary amides is 1. The Kier molecular flexibility index (Phi) is 5.08. The predicted molar refractivity (Wildman–Crippen MR) is 96.4 cm³/mol. The van der Waals surface area contributed by atoms with Crippen molar-refractivity contribution in [3.8, 4) is 0 Å². The van der Waals surface area contributed by atoms with Crippen LogP contribution in [0.1, 0.15) is 18.5 Å². The number of aromatic nitrogens is 2. The van der Waals surface area contributed by atoms with Crippen LogP contribution in [0.25, 0.3) is 21.8 Å². The predicted octanol–water partition coefficient (Wildman–Crippen LogP) is 1.50. The Hall–Kier alpha value is -2.44. The van der Waals surface area contributed by atoms with Crippen LogP contribution in [-0.4, -0.2) is 28.5 Å². The zero-order valence-corrected chi connectivity index (χ0v) is 13.7. The molecular weight excluding hydrogens is 302 g/mol. The van der Waals surface area contributed by atoms with Crippen LogP contribution < -0.4 is 16.8 Å². The monoisotopic (exact) mass is 325 g/mol. The van der Waals surface area contributed by atoms with Crippen LogP contribution in [0.5, 0.6) is 0 Å². The van der Waals surface area contributed by atoms with Crippen molar-refractivity contribution in [2.45, 2.75) is 25.9 Å². The standard InChI is InChI=1S/C18H23N5O/c19-8-3-4-9-21-11-15-18-14(7-10-22-15)13-5-1-2-6-16(13)23(18)12-17(20)24/h1-2,5-7,10,21H,3-4,8-9,11-12,19H2,(H2,20,24). The molecule has 0 saturated carbocycles. The van der Waals surface area contributed by atoms with Gasteiger partial charge in [-0.2, -0.15) is 0 Å². The summed E-state index contributed by atoms with van der Waals surface area (Å²) < 4.78 is 1.97. The van der Waals surface area contributed by atoms with Crippen LogP contribution in [0, 0.1) is 0 Å². The molecule has 6 nitrogen and oxygen atoms in total. The van der Waals surface area contributed by atoms with Crippen LogP contribution in [0.15, 0.2) is 36.5 Å². The molecule has 3 rings (SSSR count). The molecule has 24 heavy (non-hydrogen) atoms. The van der Waals surface area contributed by atoms with Crippen molar-refractivity contribution in [2.24, 2.45) is 11.5 Å². The molecule has 0 aliphatic carbocycles. The second kappa shape index (κ2) is 7.42. The molecule has 1 amide bonds. The Bertz CT molecular complexity index is 855. The maximum atomic E-state index is 11.6. The quantitative estimate of drug-likeness (QED) is 0.547. The van der Waals surface area contributed by atoms with E-state index in [1.54, 1.807) is 0 Å². The van der Waals surface area contributed by atoms with Crippen LogP contribution in [0.4, 0.5) is 0 Å². The Balaban J connectivity index is 2.01. The third-order valence-electron chi connectivity index (χ3n) is 4.17. The highest BCUT2D eigenvalue weighted by Gasteiger charge is 2.15. The molecule has 0 aliphatic rings. The lowest BCUT2D eigenvalue weighted by Gasteiger charge is -2.09. The van der Waals surface area contributed by atoms with Gasteiger partial charge in [0.15, 0.2) is 0 Å². The fourth-order valence-corrected chi connectivity index (χ4v) is 3.12. The van der Waals surface area contributed by atoms with Crippen LogP contribution in [-0.2, 0) is 17.9 Å². The summed E-state index contributed by atoms with van der Waals surface area (Å²) in [7, 11) is 0. The van der Waals surface area contributed by atoms with Crippen molar-refractivity contribution in [2.75, 3.05) is 13.1 Å². The highest BCUT2D eigenvalue weighted by atomic mass is 16.1. The lowest BCUT2D eigenvalue weighted by Crippen LogP contribution is -2.20. The number of carbonyl (C=O) groups excluding carboxylic acids is 1. The molecule has 126 valence electrons. The summed E-state index contributed by atoms with van der Waals surface area (Å²) in [6.45, 7) is 2.40. The Morgan fingerprint density at radius 3 is 2.79 bits per heavy atom. The molecule has 1 aromatic carbocycles. The molecule has 0 saturated heterocycles. The van der Waals surface area contributed by atoms with E-state index < -0.39 is 0 Å². The first-order valence-corrected chi connectivity index (χ1v) is 8.26. The fourth-order valence-electron chi connectivity index (χ4n) is 3.12. The van der Waals surface area contributed by atoms with Crippen LogP contribution in [0.3, 0.4) is 0 Å². The van der Waals surface area contributed by atoms with Gasteiger partial charge in [-0.25, -0.2) is 0 Å². The third-order valence-corrected chi connectivity index (χ3v) is 4.17. The lowest BCUT2D eigenvalue weighted by molar-refractivity contribution is -0.118. The second-order valence-electron chi connectivity index (χ2n) is 5.90. The average molecular weight is 325 g/mol. The largest absolute Gasteiger partial charge is 0.368 e. The molecule has 0 fully saturated rings. The van der Waals surface area contributed by atoms with Crippen molar-refractivity contribution in [3.05, 3.63) is 42.2 Å². The van der Waals surface area contributed by atoms with E-state index in [-0.39, 0.29) is 12.5 Å². The van der Waals surface area contributed by atoms with Gasteiger partial charge in [0.25, 0.3) is 0 Å². The number of rotatable bonds is 8. The summed E-state index contributed by atoms with van der Waals surface area (Å²) in [6.07, 6.45) is 3.86. The van der Waals surface area contributed by atoms with E-state index in [2.05, 4.69) is 16.4 Å². The number of para-hydroxylation sites is 1. The summed E-state index contributed by atoms with van der Waals surface area (Å²) in [4.78, 5) is 16.1. The molecular formula is C18H23N5O. The maximum Gasteiger partial charge on any atom is 0.237 e. The number of nitrogens with zero attached hydrogens (tertiary/aromatic N) is 2. The first kappa shape index (κ1) is 16.4. The summed E-state index contributed by atoms with van der Waals surface area (Å²) in [6, 6.07) is 10.0. The number of hydrogen-bond acceptors (Lipinski definition) is 4. The molecule has 0 aliphatic heterocycles. The van der Waals surface area contributed by atoms with Gasteiger partial charge in [-0.05, 0) is 38.1 Å². The highest BCUT2D eigenvalue weighted by Crippen LogP contribution is 2.30. The van der Waals surface area contributed by atoms with Crippen molar-refractivity contribution in [3.63, 3.8) is 0 Å². The van der Waals surface area contributed by atoms with E-state index in [0.717, 1.165) is 46.9 Å². The zero-order valence-electron chi connectivity index (χ0n) is 13.7. The Morgan fingerprint density at radius 2 is 2.00 bits per heavy atom. The number of pyridine rings is 1. The van der Waals surface area contributed by atoms with Crippen molar-refractivity contribution >= 4 is 27.7 Å². The molecule has 2 aromatic heterocycles. The topological polar surface area (TPSA) is 99.0 Å². The number of nitrogens with one attached hydrogen (secondary N) is 1. The lowest BCUT2D eigenvalue weighted by atomic mass is 10.1. The minimum Gasteiger partial charge on any atom is -0.368 e. The highest BCUT2D eigenvalue weighted by molar-refractivity contribution is 6.09. The molecule has 0 bridgehead atoms. The molecule has 0 unspecified atom stereocenters. The molecule has 2 heterocycles. The molecule has 0 radical (unpaired) electrons. The van der Waals surface area contributed by atoms with Gasteiger partial charge in [0.1, 0.15) is 6.54 Å². The summed E-state index contributed by atoms with van der Waals surface area (Å²) in [5.74, 6) is -0.358. The van der Waals surface area contributed by atoms with E-state index >= 15 is 0 Å². The van der Waals surface area contributed by atoms with Gasteiger partial charge in [-0.15, -0.1) is 0 Å². The number of hydrogen-bond donors (Lipinski definition) is 3. The van der Waals surface area contributed by atoms with Crippen LogP contribution in [0.2, 0.25) is 0 Å². The van der Waals surface area contributed by atoms with Gasteiger partial charge in [0, 0.05) is 29.0 Å². The summed E-state index contributed by atoms with van der Waals surface area (Å²) in [5.41, 5.74) is 13.9. The van der Waals surface area contributed by atoms with E-state index in [9.17, 15) is 4.79 Å². The maximum absolute atomic E-state index is 11.6. The SMILES string of the molecule is NCCCCNCc1nccc2c3ccccc3n(CC(N)=O)c12. The van der Waals surface area contributed by atoms with Gasteiger partial charge in [0.05, 0.1) is 11.2 Å². The molecule has 6 heteroatoms. The number of fused-ring (bicyclic) bond motifs is 3. The zero-order chi connectivity index (χ0) is 16.9. The number of unbranched alkanes of at least 4 members (excludes halogenated alkanes) is 1. The third kappa shape index (κ3) is 3.25. The number of nitrogens with two attached hydrogens (primary N) is 2. The van der Waals surface area contributed by atoms with Gasteiger partial charge in [-0.3, -0.25) is 9.78 Å². The van der Waals surface area contributed by atoms with E-state index in [0.29, 0.717) is 13.1 Å². The van der Waals surface area contributed by atoms with Crippen molar-refractivity contribution in [1.29, 1.82) is 0 Å². The van der Waals surface area contributed by atoms with Gasteiger partial charge >= 0.3 is 0 Å². The van der Waals surface area contributed by atoms with Gasteiger partial charge in [0.2, 0.25) is 5.91 Å². The molecule has 5 N–H and O–H groups in total. The van der Waals surface area contributed by atoms with Crippen molar-refractivity contribution in [1.82, 2.24) is 14.9 Å². The number of amides is 1. The first-order valence-electron chi connectivity index (χ1n) is 8.26. The number of benzene rings is 1. The smallest absolute Gasteiger partial charge is 0.237 e. The van der Waals surface area contributed by atoms with E-state index in [4.69, 9.17) is 11.5 Å². The minimum atomic E-state index is -0.358. The molecule has 3 aromatic rings. The Labute approximate surface area is 140 Å².